The molecule has 1 aromatic carbocycles. The zero-order valence-corrected chi connectivity index (χ0v) is 8.92. The van der Waals surface area contributed by atoms with Crippen molar-refractivity contribution in [3.63, 3.8) is 0 Å². The van der Waals surface area contributed by atoms with Crippen LogP contribution in [0.1, 0.15) is 29.3 Å². The van der Waals surface area contributed by atoms with Crippen molar-refractivity contribution >= 4 is 5.78 Å². The molecule has 2 unspecified atom stereocenters. The summed E-state index contributed by atoms with van der Waals surface area (Å²) < 4.78 is 0. The van der Waals surface area contributed by atoms with Crippen LogP contribution in [0.15, 0.2) is 24.3 Å². The van der Waals surface area contributed by atoms with Crippen LogP contribution in [0.5, 0.6) is 0 Å². The lowest BCUT2D eigenvalue weighted by atomic mass is 9.69. The Kier molecular flexibility index (Phi) is 1.77. The topological polar surface area (TPSA) is 29.1 Å². The predicted octanol–water partition coefficient (Wildman–Crippen LogP) is 1.79. The van der Waals surface area contributed by atoms with Gasteiger partial charge in [0.05, 0.1) is 0 Å². The van der Waals surface area contributed by atoms with Crippen molar-refractivity contribution in [2.75, 3.05) is 6.54 Å². The van der Waals surface area contributed by atoms with E-state index in [9.17, 15) is 4.79 Å². The molecule has 1 aliphatic carbocycles. The second kappa shape index (κ2) is 2.92. The first-order valence-corrected chi connectivity index (χ1v) is 5.58. The number of nitrogens with one attached hydrogen (secondary N) is 1. The third-order valence-corrected chi connectivity index (χ3v) is 4.01. The molecule has 2 aliphatic rings. The fourth-order valence-electron chi connectivity index (χ4n) is 2.92. The van der Waals surface area contributed by atoms with Gasteiger partial charge in [0.1, 0.15) is 0 Å². The lowest BCUT2D eigenvalue weighted by molar-refractivity contribution is 0.0776. The van der Waals surface area contributed by atoms with Gasteiger partial charge < -0.3 is 5.32 Å². The summed E-state index contributed by atoms with van der Waals surface area (Å²) in [5.41, 5.74) is 1.99. The Labute approximate surface area is 89.7 Å². The Hall–Kier alpha value is -1.15. The standard InChI is InChI=1S/C13H15NO/c1-13-6-7-14-11(13)8-9-4-2-3-5-10(9)12(13)15/h2-5,11,14H,6-8H2,1H3. The van der Waals surface area contributed by atoms with Crippen LogP contribution in [0.4, 0.5) is 0 Å². The highest BCUT2D eigenvalue weighted by atomic mass is 16.1. The quantitative estimate of drug-likeness (QED) is 0.693. The molecule has 2 atom stereocenters. The molecule has 1 saturated heterocycles. The molecule has 2 heteroatoms. The Balaban J connectivity index is 2.14. The maximum Gasteiger partial charge on any atom is 0.170 e. The average Bonchev–Trinajstić information content (AvgIpc) is 2.62. The van der Waals surface area contributed by atoms with E-state index in [-0.39, 0.29) is 5.41 Å². The van der Waals surface area contributed by atoms with Crippen molar-refractivity contribution in [2.24, 2.45) is 5.41 Å². The van der Waals surface area contributed by atoms with Crippen LogP contribution in [0.25, 0.3) is 0 Å². The Bertz CT molecular complexity index is 426. The van der Waals surface area contributed by atoms with Crippen molar-refractivity contribution < 1.29 is 4.79 Å². The maximum atomic E-state index is 12.4. The van der Waals surface area contributed by atoms with Crippen LogP contribution in [0, 0.1) is 5.41 Å². The number of carbonyl (C=O) groups excluding carboxylic acids is 1. The number of ketones is 1. The largest absolute Gasteiger partial charge is 0.313 e. The van der Waals surface area contributed by atoms with E-state index in [0.717, 1.165) is 24.9 Å². The molecule has 1 aliphatic heterocycles. The van der Waals surface area contributed by atoms with E-state index in [1.54, 1.807) is 0 Å². The predicted molar refractivity (Wildman–Crippen MR) is 59.0 cm³/mol. The van der Waals surface area contributed by atoms with Crippen LogP contribution in [-0.2, 0) is 6.42 Å². The van der Waals surface area contributed by atoms with Gasteiger partial charge in [0.2, 0.25) is 0 Å². The Morgan fingerprint density at radius 3 is 3.07 bits per heavy atom. The minimum Gasteiger partial charge on any atom is -0.313 e. The number of hydrogen-bond donors (Lipinski definition) is 1. The molecule has 1 aromatic rings. The first-order chi connectivity index (χ1) is 7.22. The van der Waals surface area contributed by atoms with Crippen LogP contribution in [0.2, 0.25) is 0 Å². The molecule has 0 bridgehead atoms. The third kappa shape index (κ3) is 1.11. The Morgan fingerprint density at radius 1 is 1.40 bits per heavy atom. The summed E-state index contributed by atoms with van der Waals surface area (Å²) in [6.07, 6.45) is 1.98. The molecule has 3 rings (SSSR count). The van der Waals surface area contributed by atoms with Crippen molar-refractivity contribution in [2.45, 2.75) is 25.8 Å². The molecule has 2 nitrogen and oxygen atoms in total. The van der Waals surface area contributed by atoms with E-state index >= 15 is 0 Å². The summed E-state index contributed by atoms with van der Waals surface area (Å²) in [5, 5.41) is 3.45. The van der Waals surface area contributed by atoms with Crippen LogP contribution in [0.3, 0.4) is 0 Å². The average molecular weight is 201 g/mol. The summed E-state index contributed by atoms with van der Waals surface area (Å²) in [4.78, 5) is 12.4. The molecule has 15 heavy (non-hydrogen) atoms. The summed E-state index contributed by atoms with van der Waals surface area (Å²) in [7, 11) is 0. The molecule has 0 radical (unpaired) electrons. The highest BCUT2D eigenvalue weighted by Gasteiger charge is 2.48. The van der Waals surface area contributed by atoms with Gasteiger partial charge >= 0.3 is 0 Å². The molecule has 0 spiro atoms. The van der Waals surface area contributed by atoms with Gasteiger partial charge in [-0.25, -0.2) is 0 Å². The normalized spacial score (nSPS) is 33.7. The number of fused-ring (bicyclic) bond motifs is 2. The number of hydrogen-bond acceptors (Lipinski definition) is 2. The molecule has 78 valence electrons. The molecule has 1 heterocycles. The molecule has 0 amide bonds. The zero-order valence-electron chi connectivity index (χ0n) is 8.92. The van der Waals surface area contributed by atoms with E-state index in [2.05, 4.69) is 18.3 Å². The first kappa shape index (κ1) is 9.10. The Morgan fingerprint density at radius 2 is 2.20 bits per heavy atom. The van der Waals surface area contributed by atoms with Gasteiger partial charge in [0, 0.05) is 17.0 Å². The highest BCUT2D eigenvalue weighted by Crippen LogP contribution is 2.40. The summed E-state index contributed by atoms with van der Waals surface area (Å²) in [5.74, 6) is 0.333. The molecular weight excluding hydrogens is 186 g/mol. The van der Waals surface area contributed by atoms with E-state index in [1.165, 1.54) is 5.56 Å². The number of rotatable bonds is 0. The molecule has 1 N–H and O–H groups in total. The molecule has 1 fully saturated rings. The summed E-state index contributed by atoms with van der Waals surface area (Å²) in [6.45, 7) is 3.08. The van der Waals surface area contributed by atoms with E-state index in [1.807, 2.05) is 18.2 Å². The lowest BCUT2D eigenvalue weighted by Gasteiger charge is -2.35. The summed E-state index contributed by atoms with van der Waals surface area (Å²) in [6, 6.07) is 8.37. The third-order valence-electron chi connectivity index (χ3n) is 4.01. The van der Waals surface area contributed by atoms with Crippen LogP contribution in [-0.4, -0.2) is 18.4 Å². The fraction of sp³-hybridized carbons (Fsp3) is 0.462. The van der Waals surface area contributed by atoms with Crippen LogP contribution < -0.4 is 5.32 Å². The van der Waals surface area contributed by atoms with Crippen molar-refractivity contribution in [3.05, 3.63) is 35.4 Å². The SMILES string of the molecule is CC12CCNC1Cc1ccccc1C2=O. The lowest BCUT2D eigenvalue weighted by Crippen LogP contribution is -2.45. The van der Waals surface area contributed by atoms with Gasteiger partial charge in [-0.2, -0.15) is 0 Å². The van der Waals surface area contributed by atoms with Gasteiger partial charge in [-0.05, 0) is 24.9 Å². The first-order valence-electron chi connectivity index (χ1n) is 5.58. The number of Topliss-reactive ketones (excluding diaryl/α,β-unsaturated/α-hetero) is 1. The van der Waals surface area contributed by atoms with E-state index < -0.39 is 0 Å². The fourth-order valence-corrected chi connectivity index (χ4v) is 2.92. The van der Waals surface area contributed by atoms with Gasteiger partial charge in [0.15, 0.2) is 5.78 Å². The molecule has 0 aromatic heterocycles. The number of benzene rings is 1. The smallest absolute Gasteiger partial charge is 0.170 e. The molecular formula is C13H15NO. The second-order valence-electron chi connectivity index (χ2n) is 4.86. The zero-order chi connectivity index (χ0) is 10.5. The van der Waals surface area contributed by atoms with Crippen molar-refractivity contribution in [3.8, 4) is 0 Å². The van der Waals surface area contributed by atoms with Gasteiger partial charge in [-0.1, -0.05) is 31.2 Å². The number of carbonyl (C=O) groups is 1. The van der Waals surface area contributed by atoms with Gasteiger partial charge in [0.25, 0.3) is 0 Å². The van der Waals surface area contributed by atoms with Crippen molar-refractivity contribution in [1.29, 1.82) is 0 Å². The monoisotopic (exact) mass is 201 g/mol. The van der Waals surface area contributed by atoms with Gasteiger partial charge in [-0.15, -0.1) is 0 Å². The minimum absolute atomic E-state index is 0.158. The van der Waals surface area contributed by atoms with E-state index in [0.29, 0.717) is 11.8 Å². The van der Waals surface area contributed by atoms with E-state index in [4.69, 9.17) is 0 Å². The van der Waals surface area contributed by atoms with Gasteiger partial charge in [-0.3, -0.25) is 4.79 Å². The summed E-state index contributed by atoms with van der Waals surface area (Å²) >= 11 is 0. The van der Waals surface area contributed by atoms with Crippen LogP contribution >= 0.6 is 0 Å². The minimum atomic E-state index is -0.158. The highest BCUT2D eigenvalue weighted by molar-refractivity contribution is 6.03. The van der Waals surface area contributed by atoms with Crippen molar-refractivity contribution in [1.82, 2.24) is 5.32 Å². The molecule has 0 saturated carbocycles. The second-order valence-corrected chi connectivity index (χ2v) is 4.86. The maximum absolute atomic E-state index is 12.4.